The number of carboxylic acid groups (broad SMARTS) is 1. The molecule has 3 aromatic rings. The van der Waals surface area contributed by atoms with Gasteiger partial charge in [-0.1, -0.05) is 23.7 Å². The molecule has 1 aliphatic heterocycles. The average Bonchev–Trinajstić information content (AvgIpc) is 3.17. The lowest BCUT2D eigenvalue weighted by atomic mass is 9.98. The maximum atomic E-state index is 13.8. The zero-order valence-corrected chi connectivity index (χ0v) is 18.7. The molecule has 8 nitrogen and oxygen atoms in total. The fourth-order valence-corrected chi connectivity index (χ4v) is 4.11. The first kappa shape index (κ1) is 23.8. The average molecular weight is 498 g/mol. The molecular formula is C22H19ClF3N3O5. The highest BCUT2D eigenvalue weighted by atomic mass is 35.5. The molecule has 0 bridgehead atoms. The molecule has 1 aromatic heterocycles. The van der Waals surface area contributed by atoms with Crippen molar-refractivity contribution in [2.45, 2.75) is 31.7 Å². The third kappa shape index (κ3) is 4.28. The van der Waals surface area contributed by atoms with E-state index in [1.807, 2.05) is 0 Å². The molecule has 0 amide bonds. The van der Waals surface area contributed by atoms with E-state index < -0.39 is 36.6 Å². The summed E-state index contributed by atoms with van der Waals surface area (Å²) in [5, 5.41) is 16.7. The summed E-state index contributed by atoms with van der Waals surface area (Å²) in [4.78, 5) is 11.6. The Morgan fingerprint density at radius 1 is 1.24 bits per heavy atom. The number of fused-ring (bicyclic) bond motifs is 3. The monoisotopic (exact) mass is 497 g/mol. The fourth-order valence-electron chi connectivity index (χ4n) is 3.93. The van der Waals surface area contributed by atoms with Crippen LogP contribution in [0.2, 0.25) is 5.02 Å². The van der Waals surface area contributed by atoms with Crippen LogP contribution in [0, 0.1) is 0 Å². The summed E-state index contributed by atoms with van der Waals surface area (Å²) in [6.07, 6.45) is -7.93. The predicted molar refractivity (Wildman–Crippen MR) is 113 cm³/mol. The minimum atomic E-state index is -4.86. The van der Waals surface area contributed by atoms with Crippen LogP contribution in [0.4, 0.5) is 13.2 Å². The van der Waals surface area contributed by atoms with Gasteiger partial charge in [0.15, 0.2) is 17.3 Å². The molecule has 0 unspecified atom stereocenters. The molecule has 34 heavy (non-hydrogen) atoms. The summed E-state index contributed by atoms with van der Waals surface area (Å²) in [5.74, 6) is -2.19. The summed E-state index contributed by atoms with van der Waals surface area (Å²) in [7, 11) is 1.42. The van der Waals surface area contributed by atoms with Crippen LogP contribution in [-0.4, -0.2) is 39.6 Å². The maximum absolute atomic E-state index is 13.8. The first-order chi connectivity index (χ1) is 16.2. The quantitative estimate of drug-likeness (QED) is 0.513. The lowest BCUT2D eigenvalue weighted by molar-refractivity contribution is -0.146. The molecule has 1 N–H and O–H groups in total. The van der Waals surface area contributed by atoms with Gasteiger partial charge in [-0.25, -0.2) is 0 Å². The Bertz CT molecular complexity index is 1230. The Hall–Kier alpha value is -3.31. The topological polar surface area (TPSA) is 95.7 Å². The highest BCUT2D eigenvalue weighted by Crippen LogP contribution is 2.47. The van der Waals surface area contributed by atoms with E-state index in [4.69, 9.17) is 25.8 Å². The molecule has 2 heterocycles. The van der Waals surface area contributed by atoms with Crippen LogP contribution in [0.15, 0.2) is 36.4 Å². The minimum absolute atomic E-state index is 0.0541. The maximum Gasteiger partial charge on any atom is 0.452 e. The van der Waals surface area contributed by atoms with Crippen LogP contribution in [0.25, 0.3) is 5.69 Å². The number of aliphatic carboxylic acids is 1. The summed E-state index contributed by atoms with van der Waals surface area (Å²) in [6.45, 7) is 2.13. The molecule has 0 spiro atoms. The Balaban J connectivity index is 2.02. The normalized spacial score (nSPS) is 17.5. The molecule has 4 rings (SSSR count). The number of alkyl halides is 3. The second-order valence-electron chi connectivity index (χ2n) is 7.33. The van der Waals surface area contributed by atoms with Crippen molar-refractivity contribution in [2.75, 3.05) is 13.7 Å². The number of rotatable bonds is 6. The zero-order chi connectivity index (χ0) is 24.6. The van der Waals surface area contributed by atoms with Crippen LogP contribution < -0.4 is 9.47 Å². The lowest BCUT2D eigenvalue weighted by Crippen LogP contribution is -2.17. The molecule has 0 radical (unpaired) electrons. The summed E-state index contributed by atoms with van der Waals surface area (Å²) >= 11 is 6.22. The highest BCUT2D eigenvalue weighted by Gasteiger charge is 2.43. The second-order valence-corrected chi connectivity index (χ2v) is 7.77. The van der Waals surface area contributed by atoms with Gasteiger partial charge in [0.25, 0.3) is 0 Å². The zero-order valence-electron chi connectivity index (χ0n) is 18.0. The number of hydrogen-bond acceptors (Lipinski definition) is 6. The Labute approximate surface area is 196 Å². The molecule has 12 heteroatoms. The SMILES string of the molecule is CCOc1cccc([C@@H]2O[C@@H](CC(=O)O)c3nnc(C(F)(F)F)n3-c3ccc(Cl)cc32)c1OC. The van der Waals surface area contributed by atoms with Crippen molar-refractivity contribution in [3.05, 3.63) is 64.2 Å². The molecule has 0 fully saturated rings. The first-order valence-corrected chi connectivity index (χ1v) is 10.5. The summed E-state index contributed by atoms with van der Waals surface area (Å²) < 4.78 is 59.6. The molecule has 1 aliphatic rings. The number of nitrogens with zero attached hydrogens (tertiary/aromatic N) is 3. The number of hydrogen-bond donors (Lipinski definition) is 1. The van der Waals surface area contributed by atoms with Crippen molar-refractivity contribution >= 4 is 17.6 Å². The van der Waals surface area contributed by atoms with Gasteiger partial charge in [0.2, 0.25) is 5.82 Å². The van der Waals surface area contributed by atoms with E-state index in [0.29, 0.717) is 23.7 Å². The molecule has 2 aromatic carbocycles. The van der Waals surface area contributed by atoms with E-state index >= 15 is 0 Å². The van der Waals surface area contributed by atoms with Crippen molar-refractivity contribution in [1.29, 1.82) is 0 Å². The van der Waals surface area contributed by atoms with Gasteiger partial charge in [0.1, 0.15) is 12.2 Å². The number of para-hydroxylation sites is 1. The third-order valence-corrected chi connectivity index (χ3v) is 5.43. The summed E-state index contributed by atoms with van der Waals surface area (Å²) in [6, 6.07) is 9.28. The Kier molecular flexibility index (Phi) is 6.41. The van der Waals surface area contributed by atoms with E-state index in [2.05, 4.69) is 10.2 Å². The number of aromatic nitrogens is 3. The van der Waals surface area contributed by atoms with Crippen LogP contribution >= 0.6 is 11.6 Å². The van der Waals surface area contributed by atoms with Gasteiger partial charge < -0.3 is 19.3 Å². The summed E-state index contributed by atoms with van der Waals surface area (Å²) in [5.41, 5.74) is 0.719. The van der Waals surface area contributed by atoms with Crippen molar-refractivity contribution in [3.63, 3.8) is 0 Å². The Morgan fingerprint density at radius 3 is 2.65 bits per heavy atom. The molecule has 0 aliphatic carbocycles. The molecular weight excluding hydrogens is 479 g/mol. The number of halogens is 4. The van der Waals surface area contributed by atoms with Crippen molar-refractivity contribution in [3.8, 4) is 17.2 Å². The van der Waals surface area contributed by atoms with Crippen molar-refractivity contribution < 1.29 is 37.3 Å². The van der Waals surface area contributed by atoms with Gasteiger partial charge in [-0.3, -0.25) is 9.36 Å². The number of carboxylic acids is 1. The predicted octanol–water partition coefficient (Wildman–Crippen LogP) is 4.98. The molecule has 0 saturated carbocycles. The van der Waals surface area contributed by atoms with Gasteiger partial charge in [0, 0.05) is 16.1 Å². The van der Waals surface area contributed by atoms with Crippen molar-refractivity contribution in [2.24, 2.45) is 0 Å². The van der Waals surface area contributed by atoms with E-state index in [0.717, 1.165) is 4.57 Å². The van der Waals surface area contributed by atoms with Crippen LogP contribution in [0.1, 0.15) is 48.3 Å². The van der Waals surface area contributed by atoms with E-state index in [1.54, 1.807) is 25.1 Å². The van der Waals surface area contributed by atoms with Crippen LogP contribution in [-0.2, 0) is 15.7 Å². The highest BCUT2D eigenvalue weighted by molar-refractivity contribution is 6.30. The second kappa shape index (κ2) is 9.15. The van der Waals surface area contributed by atoms with E-state index in [-0.39, 0.29) is 22.1 Å². The Morgan fingerprint density at radius 2 is 2.00 bits per heavy atom. The molecule has 2 atom stereocenters. The molecule has 180 valence electrons. The largest absolute Gasteiger partial charge is 0.492 e. The van der Waals surface area contributed by atoms with Gasteiger partial charge in [0.05, 0.1) is 25.8 Å². The van der Waals surface area contributed by atoms with Gasteiger partial charge in [-0.15, -0.1) is 10.2 Å². The van der Waals surface area contributed by atoms with Gasteiger partial charge in [-0.05, 0) is 31.2 Å². The minimum Gasteiger partial charge on any atom is -0.492 e. The van der Waals surface area contributed by atoms with Crippen LogP contribution in [0.3, 0.4) is 0 Å². The van der Waals surface area contributed by atoms with Crippen LogP contribution in [0.5, 0.6) is 11.5 Å². The smallest absolute Gasteiger partial charge is 0.452 e. The first-order valence-electron chi connectivity index (χ1n) is 10.1. The number of benzene rings is 2. The fraction of sp³-hybridized carbons (Fsp3) is 0.318. The van der Waals surface area contributed by atoms with E-state index in [9.17, 15) is 23.1 Å². The number of carbonyl (C=O) groups is 1. The lowest BCUT2D eigenvalue weighted by Gasteiger charge is -2.24. The van der Waals surface area contributed by atoms with Crippen molar-refractivity contribution in [1.82, 2.24) is 14.8 Å². The van der Waals surface area contributed by atoms with E-state index in [1.165, 1.54) is 25.3 Å². The number of ether oxygens (including phenoxy) is 3. The van der Waals surface area contributed by atoms with Gasteiger partial charge >= 0.3 is 12.1 Å². The third-order valence-electron chi connectivity index (χ3n) is 5.20. The molecule has 0 saturated heterocycles. The number of methoxy groups -OCH3 is 1. The van der Waals surface area contributed by atoms with Gasteiger partial charge in [-0.2, -0.15) is 13.2 Å². The standard InChI is InChI=1S/C22H19ClF3N3O5/c1-3-33-15-6-4-5-12(19(15)32-2)18-13-9-11(23)7-8-14(13)29-20(16(34-18)10-17(30)31)27-28-21(29)22(24,25)26/h4-9,16,18H,3,10H2,1-2H3,(H,30,31)/t16-,18-/m0/s1.